The van der Waals surface area contributed by atoms with E-state index in [4.69, 9.17) is 0 Å². The molecule has 1 fully saturated rings. The number of aliphatic hydroxyl groups is 1. The minimum Gasteiger partial charge on any atom is -0.388 e. The van der Waals surface area contributed by atoms with Crippen molar-refractivity contribution in [1.82, 2.24) is 10.2 Å². The van der Waals surface area contributed by atoms with Crippen molar-refractivity contribution in [2.45, 2.75) is 25.6 Å². The van der Waals surface area contributed by atoms with E-state index in [-0.39, 0.29) is 11.9 Å². The lowest BCUT2D eigenvalue weighted by atomic mass is 9.77. The molecule has 0 aromatic heterocycles. The molecule has 0 radical (unpaired) electrons. The quantitative estimate of drug-likeness (QED) is 0.892. The number of fused-ring (bicyclic) bond motifs is 2. The van der Waals surface area contributed by atoms with Crippen LogP contribution in [0, 0.1) is 5.41 Å². The molecule has 0 spiro atoms. The first-order valence-corrected chi connectivity index (χ1v) is 8.42. The van der Waals surface area contributed by atoms with Crippen molar-refractivity contribution in [3.05, 3.63) is 71.3 Å². The van der Waals surface area contributed by atoms with Gasteiger partial charge in [-0.15, -0.1) is 0 Å². The molecule has 4 rings (SSSR count). The Morgan fingerprint density at radius 2 is 1.88 bits per heavy atom. The number of carbonyl (C=O) groups is 1. The Balaban J connectivity index is 1.64. The first-order chi connectivity index (χ1) is 11.6. The normalized spacial score (nSPS) is 29.5. The van der Waals surface area contributed by atoms with Crippen molar-refractivity contribution in [3.8, 4) is 0 Å². The second-order valence-electron chi connectivity index (χ2n) is 7.18. The molecule has 2 aromatic carbocycles. The van der Waals surface area contributed by atoms with Crippen LogP contribution in [0.3, 0.4) is 0 Å². The molecule has 124 valence electrons. The van der Waals surface area contributed by atoms with Gasteiger partial charge < -0.3 is 10.4 Å². The zero-order chi connectivity index (χ0) is 16.7. The monoisotopic (exact) mass is 322 g/mol. The molecule has 0 bridgehead atoms. The third kappa shape index (κ3) is 2.43. The van der Waals surface area contributed by atoms with E-state index in [2.05, 4.69) is 29.3 Å². The molecule has 2 heterocycles. The van der Waals surface area contributed by atoms with Crippen LogP contribution in [0.1, 0.15) is 34.5 Å². The molecule has 4 nitrogen and oxygen atoms in total. The van der Waals surface area contributed by atoms with Gasteiger partial charge in [0.05, 0.1) is 12.1 Å². The number of carbonyl (C=O) groups excluding carboxylic acids is 1. The third-order valence-corrected chi connectivity index (χ3v) is 5.48. The predicted molar refractivity (Wildman–Crippen MR) is 92.5 cm³/mol. The first-order valence-electron chi connectivity index (χ1n) is 8.42. The van der Waals surface area contributed by atoms with E-state index in [9.17, 15) is 9.90 Å². The highest BCUT2D eigenvalue weighted by Crippen LogP contribution is 2.45. The van der Waals surface area contributed by atoms with Gasteiger partial charge in [-0.1, -0.05) is 55.5 Å². The Kier molecular flexibility index (Phi) is 3.66. The van der Waals surface area contributed by atoms with Crippen LogP contribution < -0.4 is 5.32 Å². The number of nitrogens with one attached hydrogen (secondary N) is 1. The van der Waals surface area contributed by atoms with Crippen LogP contribution in [0.2, 0.25) is 0 Å². The zero-order valence-electron chi connectivity index (χ0n) is 13.8. The molecule has 1 amide bonds. The van der Waals surface area contributed by atoms with Gasteiger partial charge >= 0.3 is 0 Å². The average Bonchev–Trinajstić information content (AvgIpc) is 2.88. The maximum absolute atomic E-state index is 12.6. The van der Waals surface area contributed by atoms with Gasteiger partial charge in [0, 0.05) is 30.6 Å². The van der Waals surface area contributed by atoms with Gasteiger partial charge in [-0.2, -0.15) is 0 Å². The SMILES string of the molecule is C[C@]12CN(Cc3ccccc3)C[C@H]1NC(=O)c1ccccc1[C@@H]2O. The fraction of sp³-hybridized carbons (Fsp3) is 0.350. The number of hydrogen-bond donors (Lipinski definition) is 2. The molecule has 1 saturated heterocycles. The highest BCUT2D eigenvalue weighted by Gasteiger charge is 2.51. The minimum atomic E-state index is -0.654. The second kappa shape index (κ2) is 5.72. The summed E-state index contributed by atoms with van der Waals surface area (Å²) in [5, 5.41) is 14.2. The van der Waals surface area contributed by atoms with Crippen LogP contribution in [0.5, 0.6) is 0 Å². The standard InChI is InChI=1S/C20H22N2O2/c1-20-13-22(11-14-7-3-2-4-8-14)12-17(20)21-19(24)16-10-6-5-9-15(16)18(20)23/h2-10,17-18,23H,11-13H2,1H3,(H,21,24)/t17-,18+,20+/m1/s1. The lowest BCUT2D eigenvalue weighted by molar-refractivity contribution is 0.0295. The predicted octanol–water partition coefficient (Wildman–Crippen LogP) is 2.35. The van der Waals surface area contributed by atoms with Crippen molar-refractivity contribution in [2.75, 3.05) is 13.1 Å². The van der Waals surface area contributed by atoms with E-state index >= 15 is 0 Å². The van der Waals surface area contributed by atoms with Gasteiger partial charge in [0.15, 0.2) is 0 Å². The Labute approximate surface area is 142 Å². The van der Waals surface area contributed by atoms with Crippen LogP contribution in [-0.2, 0) is 6.54 Å². The molecule has 4 heteroatoms. The Morgan fingerprint density at radius 1 is 1.17 bits per heavy atom. The van der Waals surface area contributed by atoms with Crippen LogP contribution in [0.4, 0.5) is 0 Å². The van der Waals surface area contributed by atoms with Gasteiger partial charge in [-0.05, 0) is 17.2 Å². The molecule has 2 aromatic rings. The summed E-state index contributed by atoms with van der Waals surface area (Å²) in [6, 6.07) is 17.6. The summed E-state index contributed by atoms with van der Waals surface area (Å²) in [5.41, 5.74) is 2.19. The van der Waals surface area contributed by atoms with Gasteiger partial charge in [-0.25, -0.2) is 0 Å². The molecule has 0 aliphatic carbocycles. The summed E-state index contributed by atoms with van der Waals surface area (Å²) in [7, 11) is 0. The molecular weight excluding hydrogens is 300 g/mol. The number of benzene rings is 2. The van der Waals surface area contributed by atoms with Crippen LogP contribution in [0.25, 0.3) is 0 Å². The van der Waals surface area contributed by atoms with Crippen molar-refractivity contribution in [2.24, 2.45) is 5.41 Å². The maximum Gasteiger partial charge on any atom is 0.251 e. The Morgan fingerprint density at radius 3 is 2.67 bits per heavy atom. The van der Waals surface area contributed by atoms with Crippen molar-refractivity contribution in [3.63, 3.8) is 0 Å². The highest BCUT2D eigenvalue weighted by atomic mass is 16.3. The summed E-state index contributed by atoms with van der Waals surface area (Å²) in [6.45, 7) is 4.41. The van der Waals surface area contributed by atoms with E-state index in [1.807, 2.05) is 36.4 Å². The average molecular weight is 322 g/mol. The van der Waals surface area contributed by atoms with E-state index in [0.29, 0.717) is 5.56 Å². The fourth-order valence-corrected chi connectivity index (χ4v) is 4.11. The Hall–Kier alpha value is -2.17. The fourth-order valence-electron chi connectivity index (χ4n) is 4.11. The van der Waals surface area contributed by atoms with Gasteiger partial charge in [0.2, 0.25) is 0 Å². The number of hydrogen-bond acceptors (Lipinski definition) is 3. The minimum absolute atomic E-state index is 0.0592. The summed E-state index contributed by atoms with van der Waals surface area (Å²) < 4.78 is 0. The zero-order valence-corrected chi connectivity index (χ0v) is 13.8. The smallest absolute Gasteiger partial charge is 0.251 e. The molecular formula is C20H22N2O2. The van der Waals surface area contributed by atoms with E-state index in [1.54, 1.807) is 6.07 Å². The molecule has 2 aliphatic rings. The van der Waals surface area contributed by atoms with Gasteiger partial charge in [-0.3, -0.25) is 9.69 Å². The van der Waals surface area contributed by atoms with E-state index < -0.39 is 11.5 Å². The summed E-state index contributed by atoms with van der Waals surface area (Å²) in [6.07, 6.45) is -0.654. The van der Waals surface area contributed by atoms with Crippen LogP contribution >= 0.6 is 0 Å². The molecule has 0 unspecified atom stereocenters. The summed E-state index contributed by atoms with van der Waals surface area (Å²) in [4.78, 5) is 14.9. The van der Waals surface area contributed by atoms with Gasteiger partial charge in [0.1, 0.15) is 0 Å². The topological polar surface area (TPSA) is 52.6 Å². The number of aliphatic hydroxyl groups excluding tert-OH is 1. The van der Waals surface area contributed by atoms with E-state index in [0.717, 1.165) is 25.2 Å². The largest absolute Gasteiger partial charge is 0.388 e. The van der Waals surface area contributed by atoms with E-state index in [1.165, 1.54) is 5.56 Å². The molecule has 0 saturated carbocycles. The lowest BCUT2D eigenvalue weighted by Gasteiger charge is -2.33. The summed E-state index contributed by atoms with van der Waals surface area (Å²) in [5.74, 6) is -0.0834. The van der Waals surface area contributed by atoms with Crippen molar-refractivity contribution in [1.29, 1.82) is 0 Å². The lowest BCUT2D eigenvalue weighted by Crippen LogP contribution is -2.46. The number of likely N-dealkylation sites (tertiary alicyclic amines) is 1. The van der Waals surface area contributed by atoms with Gasteiger partial charge in [0.25, 0.3) is 5.91 Å². The number of amides is 1. The third-order valence-electron chi connectivity index (χ3n) is 5.48. The molecule has 3 atom stereocenters. The van der Waals surface area contributed by atoms with Crippen LogP contribution in [-0.4, -0.2) is 35.0 Å². The molecule has 24 heavy (non-hydrogen) atoms. The molecule has 2 N–H and O–H groups in total. The number of nitrogens with zero attached hydrogens (tertiary/aromatic N) is 1. The highest BCUT2D eigenvalue weighted by molar-refractivity contribution is 5.96. The Bertz CT molecular complexity index is 761. The molecule has 2 aliphatic heterocycles. The van der Waals surface area contributed by atoms with Crippen molar-refractivity contribution >= 4 is 5.91 Å². The van der Waals surface area contributed by atoms with Crippen molar-refractivity contribution < 1.29 is 9.90 Å². The maximum atomic E-state index is 12.6. The second-order valence-corrected chi connectivity index (χ2v) is 7.18. The first kappa shape index (κ1) is 15.4. The van der Waals surface area contributed by atoms with Crippen LogP contribution in [0.15, 0.2) is 54.6 Å². The summed E-state index contributed by atoms with van der Waals surface area (Å²) >= 11 is 0. The number of rotatable bonds is 2.